The predicted molar refractivity (Wildman–Crippen MR) is 91.9 cm³/mol. The van der Waals surface area contributed by atoms with Gasteiger partial charge < -0.3 is 5.32 Å². The van der Waals surface area contributed by atoms with Crippen molar-refractivity contribution in [3.05, 3.63) is 71.5 Å². The first-order valence-electron chi connectivity index (χ1n) is 8.06. The van der Waals surface area contributed by atoms with Crippen molar-refractivity contribution < 1.29 is 14.0 Å². The second-order valence-corrected chi connectivity index (χ2v) is 5.79. The Labute approximate surface area is 145 Å². The van der Waals surface area contributed by atoms with E-state index in [1.807, 2.05) is 30.3 Å². The Balaban J connectivity index is 1.65. The van der Waals surface area contributed by atoms with E-state index in [1.165, 1.54) is 17.1 Å². The third kappa shape index (κ3) is 4.50. The van der Waals surface area contributed by atoms with E-state index < -0.39 is 0 Å². The van der Waals surface area contributed by atoms with Gasteiger partial charge in [0.2, 0.25) is 5.91 Å². The number of hydrazone groups is 1. The quantitative estimate of drug-likeness (QED) is 0.910. The molecule has 0 bridgehead atoms. The SMILES string of the molecule is O=C(NCc1ccccc1)C1=NN(Cc2ccc(F)cc2)C(=O)CC1. The highest BCUT2D eigenvalue weighted by atomic mass is 19.1. The lowest BCUT2D eigenvalue weighted by atomic mass is 10.1. The summed E-state index contributed by atoms with van der Waals surface area (Å²) < 4.78 is 13.0. The van der Waals surface area contributed by atoms with Crippen molar-refractivity contribution >= 4 is 17.5 Å². The number of hydrogen-bond donors (Lipinski definition) is 1. The van der Waals surface area contributed by atoms with Crippen LogP contribution in [0, 0.1) is 5.82 Å². The summed E-state index contributed by atoms with van der Waals surface area (Å²) in [4.78, 5) is 24.3. The third-order valence-corrected chi connectivity index (χ3v) is 3.91. The first kappa shape index (κ1) is 16.8. The van der Waals surface area contributed by atoms with Crippen LogP contribution in [0.4, 0.5) is 4.39 Å². The molecule has 5 nitrogen and oxygen atoms in total. The molecule has 2 amide bonds. The highest BCUT2D eigenvalue weighted by Crippen LogP contribution is 2.14. The van der Waals surface area contributed by atoms with Crippen LogP contribution in [-0.4, -0.2) is 22.5 Å². The molecular weight excluding hydrogens is 321 g/mol. The van der Waals surface area contributed by atoms with Gasteiger partial charge in [0.1, 0.15) is 11.5 Å². The van der Waals surface area contributed by atoms with E-state index in [-0.39, 0.29) is 30.6 Å². The topological polar surface area (TPSA) is 61.8 Å². The van der Waals surface area contributed by atoms with Crippen molar-refractivity contribution in [2.24, 2.45) is 5.10 Å². The molecule has 0 atom stereocenters. The lowest BCUT2D eigenvalue weighted by molar-refractivity contribution is -0.132. The van der Waals surface area contributed by atoms with Gasteiger partial charge in [-0.25, -0.2) is 9.40 Å². The van der Waals surface area contributed by atoms with E-state index in [1.54, 1.807) is 12.1 Å². The zero-order chi connectivity index (χ0) is 17.6. The second kappa shape index (κ2) is 7.70. The highest BCUT2D eigenvalue weighted by Gasteiger charge is 2.24. The van der Waals surface area contributed by atoms with Crippen LogP contribution in [0.15, 0.2) is 59.7 Å². The molecule has 6 heteroatoms. The summed E-state index contributed by atoms with van der Waals surface area (Å²) in [5, 5.41) is 8.28. The molecule has 1 N–H and O–H groups in total. The van der Waals surface area contributed by atoms with Crippen LogP contribution in [0.25, 0.3) is 0 Å². The fourth-order valence-corrected chi connectivity index (χ4v) is 2.53. The Bertz CT molecular complexity index is 788. The molecule has 1 aliphatic rings. The van der Waals surface area contributed by atoms with Gasteiger partial charge in [-0.2, -0.15) is 5.10 Å². The Hall–Kier alpha value is -3.02. The van der Waals surface area contributed by atoms with E-state index >= 15 is 0 Å². The van der Waals surface area contributed by atoms with Crippen molar-refractivity contribution in [2.75, 3.05) is 0 Å². The molecule has 0 aliphatic carbocycles. The molecule has 25 heavy (non-hydrogen) atoms. The lowest BCUT2D eigenvalue weighted by Crippen LogP contribution is -2.38. The average molecular weight is 339 g/mol. The smallest absolute Gasteiger partial charge is 0.267 e. The van der Waals surface area contributed by atoms with Crippen LogP contribution in [0.5, 0.6) is 0 Å². The van der Waals surface area contributed by atoms with Crippen LogP contribution >= 0.6 is 0 Å². The summed E-state index contributed by atoms with van der Waals surface area (Å²) in [6.45, 7) is 0.624. The monoisotopic (exact) mass is 339 g/mol. The number of carbonyl (C=O) groups is 2. The van der Waals surface area contributed by atoms with Crippen LogP contribution in [0.2, 0.25) is 0 Å². The Morgan fingerprint density at radius 1 is 1.04 bits per heavy atom. The van der Waals surface area contributed by atoms with Crippen molar-refractivity contribution in [2.45, 2.75) is 25.9 Å². The largest absolute Gasteiger partial charge is 0.347 e. The summed E-state index contributed by atoms with van der Waals surface area (Å²) in [6, 6.07) is 15.4. The minimum atomic E-state index is -0.335. The molecule has 0 radical (unpaired) electrons. The molecule has 3 rings (SSSR count). The molecule has 128 valence electrons. The lowest BCUT2D eigenvalue weighted by Gasteiger charge is -2.23. The summed E-state index contributed by atoms with van der Waals surface area (Å²) in [6.07, 6.45) is 0.554. The van der Waals surface area contributed by atoms with E-state index in [2.05, 4.69) is 10.4 Å². The normalized spacial score (nSPS) is 14.2. The molecule has 1 heterocycles. The summed E-state index contributed by atoms with van der Waals surface area (Å²) >= 11 is 0. The number of benzene rings is 2. The molecule has 0 fully saturated rings. The number of carbonyl (C=O) groups excluding carboxylic acids is 2. The number of halogens is 1. The van der Waals surface area contributed by atoms with Crippen LogP contribution in [0.1, 0.15) is 24.0 Å². The number of amides is 2. The maximum absolute atomic E-state index is 13.0. The molecule has 0 unspecified atom stereocenters. The van der Waals surface area contributed by atoms with Crippen LogP contribution in [0.3, 0.4) is 0 Å². The predicted octanol–water partition coefficient (Wildman–Crippen LogP) is 2.62. The van der Waals surface area contributed by atoms with Crippen molar-refractivity contribution in [3.63, 3.8) is 0 Å². The zero-order valence-corrected chi connectivity index (χ0v) is 13.6. The maximum atomic E-state index is 13.0. The fraction of sp³-hybridized carbons (Fsp3) is 0.211. The molecule has 1 aliphatic heterocycles. The van der Waals surface area contributed by atoms with E-state index in [4.69, 9.17) is 0 Å². The van der Waals surface area contributed by atoms with Crippen LogP contribution < -0.4 is 5.32 Å². The average Bonchev–Trinajstić information content (AvgIpc) is 2.64. The molecular formula is C19H18FN3O2. The van der Waals surface area contributed by atoms with Gasteiger partial charge in [0, 0.05) is 19.4 Å². The van der Waals surface area contributed by atoms with Gasteiger partial charge >= 0.3 is 0 Å². The first-order chi connectivity index (χ1) is 12.1. The summed E-state index contributed by atoms with van der Waals surface area (Å²) in [5.74, 6) is -0.761. The Morgan fingerprint density at radius 2 is 1.76 bits per heavy atom. The minimum Gasteiger partial charge on any atom is -0.347 e. The van der Waals surface area contributed by atoms with Gasteiger partial charge in [0.05, 0.1) is 6.54 Å². The molecule has 0 aromatic heterocycles. The van der Waals surface area contributed by atoms with Gasteiger partial charge in [0.15, 0.2) is 0 Å². The van der Waals surface area contributed by atoms with Crippen molar-refractivity contribution in [3.8, 4) is 0 Å². The maximum Gasteiger partial charge on any atom is 0.267 e. The number of hydrogen-bond acceptors (Lipinski definition) is 3. The standard InChI is InChI=1S/C19H18FN3O2/c20-16-8-6-15(7-9-16)13-23-18(24)11-10-17(22-23)19(25)21-12-14-4-2-1-3-5-14/h1-9H,10-13H2,(H,21,25). The molecule has 2 aromatic carbocycles. The molecule has 0 saturated carbocycles. The number of nitrogens with one attached hydrogen (secondary N) is 1. The molecule has 0 spiro atoms. The van der Waals surface area contributed by atoms with Gasteiger partial charge in [0.25, 0.3) is 5.91 Å². The van der Waals surface area contributed by atoms with Gasteiger partial charge in [-0.15, -0.1) is 0 Å². The second-order valence-electron chi connectivity index (χ2n) is 5.79. The van der Waals surface area contributed by atoms with Crippen molar-refractivity contribution in [1.29, 1.82) is 0 Å². The first-order valence-corrected chi connectivity index (χ1v) is 8.06. The van der Waals surface area contributed by atoms with E-state index in [0.29, 0.717) is 18.7 Å². The van der Waals surface area contributed by atoms with Gasteiger partial charge in [-0.3, -0.25) is 9.59 Å². The van der Waals surface area contributed by atoms with Gasteiger partial charge in [-0.1, -0.05) is 42.5 Å². The van der Waals surface area contributed by atoms with Crippen LogP contribution in [-0.2, 0) is 22.7 Å². The summed E-state index contributed by atoms with van der Waals surface area (Å²) in [5.41, 5.74) is 2.08. The molecule has 2 aromatic rings. The third-order valence-electron chi connectivity index (χ3n) is 3.91. The van der Waals surface area contributed by atoms with Crippen molar-refractivity contribution in [1.82, 2.24) is 10.3 Å². The Kier molecular flexibility index (Phi) is 5.18. The van der Waals surface area contributed by atoms with E-state index in [9.17, 15) is 14.0 Å². The van der Waals surface area contributed by atoms with Gasteiger partial charge in [-0.05, 0) is 23.3 Å². The fourth-order valence-electron chi connectivity index (χ4n) is 2.53. The number of rotatable bonds is 5. The molecule has 0 saturated heterocycles. The van der Waals surface area contributed by atoms with E-state index in [0.717, 1.165) is 11.1 Å². The highest BCUT2D eigenvalue weighted by molar-refractivity contribution is 6.39. The minimum absolute atomic E-state index is 0.149. The zero-order valence-electron chi connectivity index (χ0n) is 13.6. The summed E-state index contributed by atoms with van der Waals surface area (Å²) in [7, 11) is 0. The Morgan fingerprint density at radius 3 is 2.48 bits per heavy atom. The number of nitrogens with zero attached hydrogens (tertiary/aromatic N) is 2.